The van der Waals surface area contributed by atoms with E-state index in [-0.39, 0.29) is 12.3 Å². The summed E-state index contributed by atoms with van der Waals surface area (Å²) in [5.74, 6) is -1.00. The molecule has 0 amide bonds. The first-order chi connectivity index (χ1) is 7.52. The maximum absolute atomic E-state index is 11.9. The average Bonchev–Trinajstić information content (AvgIpc) is 2.29. The topological polar surface area (TPSA) is 92.4 Å². The lowest BCUT2D eigenvalue weighted by Gasteiger charge is -2.38. The van der Waals surface area contributed by atoms with Crippen molar-refractivity contribution in [2.24, 2.45) is 5.73 Å². The Kier molecular flexibility index (Phi) is 4.44. The minimum Gasteiger partial charge on any atom is -0.480 e. The number of rotatable bonds is 5. The molecule has 0 saturated heterocycles. The molecular formula is C11H20N2O3. The molecule has 1 aliphatic rings. The number of hydrogen-bond donors (Lipinski definition) is 3. The van der Waals surface area contributed by atoms with Gasteiger partial charge in [-0.3, -0.25) is 14.9 Å². The first-order valence-corrected chi connectivity index (χ1v) is 5.76. The van der Waals surface area contributed by atoms with Crippen LogP contribution in [0.1, 0.15) is 39.0 Å². The van der Waals surface area contributed by atoms with E-state index in [2.05, 4.69) is 5.32 Å². The van der Waals surface area contributed by atoms with Crippen LogP contribution in [0.15, 0.2) is 0 Å². The van der Waals surface area contributed by atoms with Crippen LogP contribution in [0.5, 0.6) is 0 Å². The van der Waals surface area contributed by atoms with E-state index in [4.69, 9.17) is 10.8 Å². The zero-order chi connectivity index (χ0) is 12.2. The summed E-state index contributed by atoms with van der Waals surface area (Å²) < 4.78 is 0. The SMILES string of the molecule is CC(NC1(C(=O)CN)CCCCC1)C(=O)O. The lowest BCUT2D eigenvalue weighted by atomic mass is 9.78. The van der Waals surface area contributed by atoms with Gasteiger partial charge in [0.1, 0.15) is 6.04 Å². The second kappa shape index (κ2) is 5.41. The molecule has 1 aliphatic carbocycles. The number of Topliss-reactive ketones (excluding diaryl/α,β-unsaturated/α-hetero) is 1. The molecule has 1 saturated carbocycles. The van der Waals surface area contributed by atoms with E-state index in [1.807, 2.05) is 0 Å². The monoisotopic (exact) mass is 228 g/mol. The molecular weight excluding hydrogens is 208 g/mol. The Balaban J connectivity index is 2.78. The Morgan fingerprint density at radius 1 is 1.38 bits per heavy atom. The van der Waals surface area contributed by atoms with Crippen LogP contribution < -0.4 is 11.1 Å². The fourth-order valence-electron chi connectivity index (χ4n) is 2.33. The summed E-state index contributed by atoms with van der Waals surface area (Å²) in [6.45, 7) is 1.53. The number of carboxylic acid groups (broad SMARTS) is 1. The first-order valence-electron chi connectivity index (χ1n) is 5.76. The van der Waals surface area contributed by atoms with Crippen LogP contribution in [-0.2, 0) is 9.59 Å². The summed E-state index contributed by atoms with van der Waals surface area (Å²) in [6, 6.07) is -0.714. The molecule has 4 N–H and O–H groups in total. The van der Waals surface area contributed by atoms with E-state index < -0.39 is 17.6 Å². The lowest BCUT2D eigenvalue weighted by molar-refractivity contribution is -0.140. The number of nitrogens with one attached hydrogen (secondary N) is 1. The molecule has 1 fully saturated rings. The van der Waals surface area contributed by atoms with Gasteiger partial charge in [-0.25, -0.2) is 0 Å². The third-order valence-corrected chi connectivity index (χ3v) is 3.29. The van der Waals surface area contributed by atoms with E-state index in [0.717, 1.165) is 19.3 Å². The molecule has 0 heterocycles. The van der Waals surface area contributed by atoms with E-state index >= 15 is 0 Å². The third-order valence-electron chi connectivity index (χ3n) is 3.29. The third kappa shape index (κ3) is 2.80. The fourth-order valence-corrected chi connectivity index (χ4v) is 2.33. The molecule has 5 heteroatoms. The maximum Gasteiger partial charge on any atom is 0.320 e. The predicted octanol–water partition coefficient (Wildman–Crippen LogP) is 0.280. The largest absolute Gasteiger partial charge is 0.480 e. The van der Waals surface area contributed by atoms with Crippen LogP contribution in [0.4, 0.5) is 0 Å². The quantitative estimate of drug-likeness (QED) is 0.628. The summed E-state index contributed by atoms with van der Waals surface area (Å²) >= 11 is 0. The summed E-state index contributed by atoms with van der Waals surface area (Å²) in [5.41, 5.74) is 4.70. The average molecular weight is 228 g/mol. The highest BCUT2D eigenvalue weighted by Crippen LogP contribution is 2.29. The van der Waals surface area contributed by atoms with E-state index in [1.165, 1.54) is 0 Å². The van der Waals surface area contributed by atoms with Gasteiger partial charge in [0.25, 0.3) is 0 Å². The summed E-state index contributed by atoms with van der Waals surface area (Å²) in [6.07, 6.45) is 4.39. The van der Waals surface area contributed by atoms with Crippen LogP contribution in [0.2, 0.25) is 0 Å². The molecule has 1 unspecified atom stereocenters. The molecule has 1 atom stereocenters. The van der Waals surface area contributed by atoms with Crippen molar-refractivity contribution in [3.05, 3.63) is 0 Å². The summed E-state index contributed by atoms with van der Waals surface area (Å²) in [5, 5.41) is 11.8. The van der Waals surface area contributed by atoms with Gasteiger partial charge < -0.3 is 10.8 Å². The Bertz CT molecular complexity index is 272. The number of nitrogens with two attached hydrogens (primary N) is 1. The molecule has 16 heavy (non-hydrogen) atoms. The number of carbonyl (C=O) groups excluding carboxylic acids is 1. The van der Waals surface area contributed by atoms with Gasteiger partial charge in [0.15, 0.2) is 5.78 Å². The van der Waals surface area contributed by atoms with Crippen molar-refractivity contribution < 1.29 is 14.7 Å². The van der Waals surface area contributed by atoms with Crippen LogP contribution in [-0.4, -0.2) is 35.0 Å². The number of carboxylic acids is 1. The molecule has 0 aromatic rings. The van der Waals surface area contributed by atoms with Gasteiger partial charge in [0, 0.05) is 0 Å². The maximum atomic E-state index is 11.9. The molecule has 0 aromatic carbocycles. The molecule has 0 bridgehead atoms. The number of carbonyl (C=O) groups is 2. The van der Waals surface area contributed by atoms with E-state index in [9.17, 15) is 9.59 Å². The highest BCUT2D eigenvalue weighted by Gasteiger charge is 2.39. The molecule has 1 rings (SSSR count). The van der Waals surface area contributed by atoms with E-state index in [1.54, 1.807) is 6.92 Å². The van der Waals surface area contributed by atoms with Gasteiger partial charge in [-0.1, -0.05) is 19.3 Å². The zero-order valence-corrected chi connectivity index (χ0v) is 9.66. The second-order valence-electron chi connectivity index (χ2n) is 4.47. The van der Waals surface area contributed by atoms with Gasteiger partial charge >= 0.3 is 5.97 Å². The molecule has 5 nitrogen and oxygen atoms in total. The Morgan fingerprint density at radius 3 is 2.38 bits per heavy atom. The van der Waals surface area contributed by atoms with Crippen molar-refractivity contribution in [3.8, 4) is 0 Å². The highest BCUT2D eigenvalue weighted by molar-refractivity contribution is 5.90. The normalized spacial score (nSPS) is 21.4. The van der Waals surface area contributed by atoms with Crippen LogP contribution in [0.3, 0.4) is 0 Å². The van der Waals surface area contributed by atoms with Crippen LogP contribution in [0, 0.1) is 0 Å². The smallest absolute Gasteiger partial charge is 0.320 e. The van der Waals surface area contributed by atoms with Gasteiger partial charge in [-0.15, -0.1) is 0 Å². The summed E-state index contributed by atoms with van der Waals surface area (Å²) in [4.78, 5) is 22.7. The van der Waals surface area contributed by atoms with E-state index in [0.29, 0.717) is 12.8 Å². The standard InChI is InChI=1S/C11H20N2O3/c1-8(10(15)16)13-11(9(14)7-12)5-3-2-4-6-11/h8,13H,2-7,12H2,1H3,(H,15,16). The molecule has 92 valence electrons. The number of aliphatic carboxylic acids is 1. The minimum absolute atomic E-state index is 0.0284. The van der Waals surface area contributed by atoms with Crippen molar-refractivity contribution >= 4 is 11.8 Å². The zero-order valence-electron chi connectivity index (χ0n) is 9.66. The van der Waals surface area contributed by atoms with Gasteiger partial charge in [-0.05, 0) is 19.8 Å². The predicted molar refractivity (Wildman–Crippen MR) is 60.1 cm³/mol. The van der Waals surface area contributed by atoms with Crippen molar-refractivity contribution in [2.75, 3.05) is 6.54 Å². The highest BCUT2D eigenvalue weighted by atomic mass is 16.4. The van der Waals surface area contributed by atoms with Crippen molar-refractivity contribution in [1.82, 2.24) is 5.32 Å². The van der Waals surface area contributed by atoms with Crippen molar-refractivity contribution in [3.63, 3.8) is 0 Å². The number of hydrogen-bond acceptors (Lipinski definition) is 4. The summed E-state index contributed by atoms with van der Waals surface area (Å²) in [7, 11) is 0. The Morgan fingerprint density at radius 2 is 1.94 bits per heavy atom. The second-order valence-corrected chi connectivity index (χ2v) is 4.47. The first kappa shape index (κ1) is 13.1. The fraction of sp³-hybridized carbons (Fsp3) is 0.818. The lowest BCUT2D eigenvalue weighted by Crippen LogP contribution is -2.59. The number of ketones is 1. The molecule has 0 aromatic heterocycles. The Labute approximate surface area is 95.4 Å². The molecule has 0 spiro atoms. The minimum atomic E-state index is -0.935. The van der Waals surface area contributed by atoms with Gasteiger partial charge in [0.05, 0.1) is 12.1 Å². The molecule has 0 aliphatic heterocycles. The van der Waals surface area contributed by atoms with Crippen LogP contribution >= 0.6 is 0 Å². The van der Waals surface area contributed by atoms with Crippen molar-refractivity contribution in [2.45, 2.75) is 50.6 Å². The van der Waals surface area contributed by atoms with Crippen molar-refractivity contribution in [1.29, 1.82) is 0 Å². The molecule has 0 radical (unpaired) electrons. The van der Waals surface area contributed by atoms with Gasteiger partial charge in [-0.2, -0.15) is 0 Å². The van der Waals surface area contributed by atoms with Gasteiger partial charge in [0.2, 0.25) is 0 Å². The Hall–Kier alpha value is -0.940. The van der Waals surface area contributed by atoms with Crippen LogP contribution in [0.25, 0.3) is 0 Å².